The van der Waals surface area contributed by atoms with Crippen molar-refractivity contribution in [2.45, 2.75) is 49.1 Å². The Morgan fingerprint density at radius 2 is 1.96 bits per heavy atom. The molecule has 0 saturated heterocycles. The molecule has 1 aliphatic carbocycles. The van der Waals surface area contributed by atoms with Crippen molar-refractivity contribution >= 4 is 32.6 Å². The van der Waals surface area contributed by atoms with Crippen molar-refractivity contribution in [3.8, 4) is 0 Å². The zero-order valence-electron chi connectivity index (χ0n) is 12.8. The smallest absolute Gasteiger partial charge is 0.247 e. The lowest BCUT2D eigenvalue weighted by Crippen LogP contribution is -2.38. The molecule has 1 aliphatic heterocycles. The minimum atomic E-state index is -3.48. The van der Waals surface area contributed by atoms with E-state index in [0.717, 1.165) is 37.5 Å². The molecular formula is C15H18N4O3S. The minimum absolute atomic E-state index is 0.00209. The second kappa shape index (κ2) is 4.77. The van der Waals surface area contributed by atoms with Gasteiger partial charge in [-0.15, -0.1) is 0 Å². The average Bonchev–Trinajstić information content (AvgIpc) is 2.84. The summed E-state index contributed by atoms with van der Waals surface area (Å²) in [5.41, 5.74) is 2.00. The van der Waals surface area contributed by atoms with E-state index in [2.05, 4.69) is 20.3 Å². The fraction of sp³-hybridized carbons (Fsp3) is 0.533. The van der Waals surface area contributed by atoms with Gasteiger partial charge in [0, 0.05) is 23.7 Å². The standard InChI is InChI=1S/C15H18N4O3S/c1-23(21,22)14-16-8-9-12(19-14)11-13(17-9)18-10(20)7-15(11)5-3-2-4-6-15/h8,17H,2-7H2,1H3,(H,18,20). The summed E-state index contributed by atoms with van der Waals surface area (Å²) in [6.07, 6.45) is 8.20. The molecule has 23 heavy (non-hydrogen) atoms. The van der Waals surface area contributed by atoms with Crippen LogP contribution in [0, 0.1) is 0 Å². The van der Waals surface area contributed by atoms with E-state index in [0.29, 0.717) is 23.3 Å². The second-order valence-corrected chi connectivity index (χ2v) is 8.54. The Hall–Kier alpha value is -1.96. The number of sulfone groups is 1. The molecule has 2 aromatic rings. The van der Waals surface area contributed by atoms with Crippen LogP contribution in [0.5, 0.6) is 0 Å². The third-order valence-electron chi connectivity index (χ3n) is 4.95. The van der Waals surface area contributed by atoms with Gasteiger partial charge < -0.3 is 10.3 Å². The van der Waals surface area contributed by atoms with E-state index < -0.39 is 9.84 Å². The number of hydrogen-bond acceptors (Lipinski definition) is 5. The summed E-state index contributed by atoms with van der Waals surface area (Å²) in [6.45, 7) is 0. The highest BCUT2D eigenvalue weighted by Gasteiger charge is 2.43. The minimum Gasteiger partial charge on any atom is -0.338 e. The molecule has 3 heterocycles. The number of rotatable bonds is 1. The fourth-order valence-electron chi connectivity index (χ4n) is 3.99. The van der Waals surface area contributed by atoms with Crippen LogP contribution in [0.25, 0.3) is 11.0 Å². The molecule has 1 fully saturated rings. The number of H-pyrrole nitrogens is 1. The molecule has 8 heteroatoms. The fourth-order valence-corrected chi connectivity index (χ4v) is 4.49. The lowest BCUT2D eigenvalue weighted by molar-refractivity contribution is -0.118. The van der Waals surface area contributed by atoms with Crippen LogP contribution in [-0.2, 0) is 20.0 Å². The monoisotopic (exact) mass is 334 g/mol. The Bertz CT molecular complexity index is 910. The number of anilines is 1. The van der Waals surface area contributed by atoms with E-state index >= 15 is 0 Å². The number of nitrogens with zero attached hydrogens (tertiary/aromatic N) is 2. The van der Waals surface area contributed by atoms with Crippen molar-refractivity contribution in [2.75, 3.05) is 11.6 Å². The van der Waals surface area contributed by atoms with Crippen molar-refractivity contribution in [3.63, 3.8) is 0 Å². The van der Waals surface area contributed by atoms with E-state index in [-0.39, 0.29) is 16.5 Å². The summed E-state index contributed by atoms with van der Waals surface area (Å²) in [7, 11) is -3.48. The highest BCUT2D eigenvalue weighted by molar-refractivity contribution is 7.90. The first-order chi connectivity index (χ1) is 10.9. The van der Waals surface area contributed by atoms with Crippen molar-refractivity contribution in [1.29, 1.82) is 0 Å². The van der Waals surface area contributed by atoms with Crippen molar-refractivity contribution in [1.82, 2.24) is 15.0 Å². The summed E-state index contributed by atoms with van der Waals surface area (Å²) in [4.78, 5) is 23.5. The molecule has 0 radical (unpaired) electrons. The van der Waals surface area contributed by atoms with Gasteiger partial charge in [0.15, 0.2) is 0 Å². The molecule has 4 rings (SSSR count). The molecular weight excluding hydrogens is 316 g/mol. The number of aromatic amines is 1. The van der Waals surface area contributed by atoms with Gasteiger partial charge in [-0.2, -0.15) is 0 Å². The topological polar surface area (TPSA) is 105 Å². The maximum atomic E-state index is 12.1. The number of fused-ring (bicyclic) bond motifs is 4. The van der Waals surface area contributed by atoms with E-state index in [1.165, 1.54) is 12.6 Å². The molecule has 2 aliphatic rings. The molecule has 1 saturated carbocycles. The Labute approximate surface area is 133 Å². The Morgan fingerprint density at radius 1 is 1.22 bits per heavy atom. The van der Waals surface area contributed by atoms with Crippen LogP contribution in [0.1, 0.15) is 44.1 Å². The largest absolute Gasteiger partial charge is 0.338 e. The van der Waals surface area contributed by atoms with Gasteiger partial charge in [0.25, 0.3) is 0 Å². The van der Waals surface area contributed by atoms with Crippen molar-refractivity contribution in [2.24, 2.45) is 0 Å². The average molecular weight is 334 g/mol. The highest BCUT2D eigenvalue weighted by atomic mass is 32.2. The molecule has 122 valence electrons. The molecule has 0 aromatic carbocycles. The number of amides is 1. The molecule has 2 N–H and O–H groups in total. The molecule has 7 nitrogen and oxygen atoms in total. The van der Waals surface area contributed by atoms with Crippen LogP contribution in [0.4, 0.5) is 5.82 Å². The van der Waals surface area contributed by atoms with Crippen LogP contribution in [-0.4, -0.2) is 35.5 Å². The SMILES string of the molecule is CS(=O)(=O)c1ncc2[nH]c3c(c2n1)C1(CCCCC1)CC(=O)N3. The number of nitrogens with one attached hydrogen (secondary N) is 2. The number of carbonyl (C=O) groups excluding carboxylic acids is 1. The summed E-state index contributed by atoms with van der Waals surface area (Å²) in [6, 6.07) is 0. The molecule has 1 spiro atoms. The Balaban J connectivity index is 1.99. The zero-order chi connectivity index (χ0) is 16.2. The van der Waals surface area contributed by atoms with Gasteiger partial charge in [0.2, 0.25) is 20.9 Å². The number of aromatic nitrogens is 3. The van der Waals surface area contributed by atoms with Crippen molar-refractivity contribution in [3.05, 3.63) is 11.8 Å². The summed E-state index contributed by atoms with van der Waals surface area (Å²) in [5, 5.41) is 2.70. The molecule has 0 bridgehead atoms. The first-order valence-electron chi connectivity index (χ1n) is 7.78. The number of carbonyl (C=O) groups is 1. The van der Waals surface area contributed by atoms with E-state index in [1.54, 1.807) is 0 Å². The summed E-state index contributed by atoms with van der Waals surface area (Å²) >= 11 is 0. The normalized spacial score (nSPS) is 20.5. The van der Waals surface area contributed by atoms with E-state index in [9.17, 15) is 13.2 Å². The van der Waals surface area contributed by atoms with Crippen LogP contribution < -0.4 is 5.32 Å². The first-order valence-corrected chi connectivity index (χ1v) is 9.67. The predicted molar refractivity (Wildman–Crippen MR) is 85.0 cm³/mol. The van der Waals surface area contributed by atoms with E-state index in [4.69, 9.17) is 0 Å². The van der Waals surface area contributed by atoms with Crippen LogP contribution in [0.2, 0.25) is 0 Å². The predicted octanol–water partition coefficient (Wildman–Crippen LogP) is 1.91. The maximum absolute atomic E-state index is 12.1. The highest BCUT2D eigenvalue weighted by Crippen LogP contribution is 2.49. The molecule has 0 atom stereocenters. The Kier molecular flexibility index (Phi) is 3.03. The summed E-state index contributed by atoms with van der Waals surface area (Å²) < 4.78 is 23.6. The second-order valence-electron chi connectivity index (χ2n) is 6.63. The van der Waals surface area contributed by atoms with Gasteiger partial charge in [-0.05, 0) is 12.8 Å². The molecule has 1 amide bonds. The number of hydrogen-bond donors (Lipinski definition) is 2. The molecule has 0 unspecified atom stereocenters. The van der Waals surface area contributed by atoms with Crippen LogP contribution in [0.3, 0.4) is 0 Å². The van der Waals surface area contributed by atoms with E-state index in [1.807, 2.05) is 0 Å². The third kappa shape index (κ3) is 2.23. The van der Waals surface area contributed by atoms with Gasteiger partial charge in [-0.3, -0.25) is 4.79 Å². The lowest BCUT2D eigenvalue weighted by Gasteiger charge is -2.40. The Morgan fingerprint density at radius 3 is 2.65 bits per heavy atom. The van der Waals surface area contributed by atoms with Crippen LogP contribution >= 0.6 is 0 Å². The van der Waals surface area contributed by atoms with Crippen LogP contribution in [0.15, 0.2) is 11.4 Å². The van der Waals surface area contributed by atoms with Gasteiger partial charge in [-0.1, -0.05) is 19.3 Å². The first kappa shape index (κ1) is 14.6. The van der Waals surface area contributed by atoms with Gasteiger partial charge >= 0.3 is 0 Å². The zero-order valence-corrected chi connectivity index (χ0v) is 13.7. The summed E-state index contributed by atoms with van der Waals surface area (Å²) in [5.74, 6) is 0.653. The van der Waals surface area contributed by atoms with Gasteiger partial charge in [-0.25, -0.2) is 18.4 Å². The van der Waals surface area contributed by atoms with Gasteiger partial charge in [0.05, 0.1) is 17.2 Å². The van der Waals surface area contributed by atoms with Crippen molar-refractivity contribution < 1.29 is 13.2 Å². The lowest BCUT2D eigenvalue weighted by atomic mass is 9.66. The third-order valence-corrected chi connectivity index (χ3v) is 5.81. The maximum Gasteiger partial charge on any atom is 0.247 e. The molecule has 2 aromatic heterocycles. The van der Waals surface area contributed by atoms with Gasteiger partial charge in [0.1, 0.15) is 5.82 Å². The quantitative estimate of drug-likeness (QED) is 0.775.